The Hall–Kier alpha value is -3.09. The Labute approximate surface area is 138 Å². The maximum absolute atomic E-state index is 13.7. The molecule has 3 rings (SSSR count). The number of amides is 1. The van der Waals surface area contributed by atoms with Gasteiger partial charge in [0.15, 0.2) is 5.82 Å². The molecule has 0 aliphatic carbocycles. The molecule has 1 aromatic heterocycles. The van der Waals surface area contributed by atoms with Gasteiger partial charge < -0.3 is 4.90 Å². The molecule has 122 valence electrons. The normalized spacial score (nSPS) is 10.6. The van der Waals surface area contributed by atoms with E-state index in [-0.39, 0.29) is 18.3 Å². The van der Waals surface area contributed by atoms with Crippen molar-refractivity contribution in [2.24, 2.45) is 7.05 Å². The number of aromatic nitrogens is 4. The van der Waals surface area contributed by atoms with E-state index in [0.29, 0.717) is 17.0 Å². The van der Waals surface area contributed by atoms with Crippen molar-refractivity contribution in [1.82, 2.24) is 25.1 Å². The van der Waals surface area contributed by atoms with E-state index in [1.54, 1.807) is 50.5 Å². The summed E-state index contributed by atoms with van der Waals surface area (Å²) in [5.74, 6) is 0.0488. The SMILES string of the molecule is CN(Cc1ccccc1F)C(=O)c1cccc(-c2nnnn2C)c1. The molecule has 0 fully saturated rings. The van der Waals surface area contributed by atoms with Crippen LogP contribution in [-0.2, 0) is 13.6 Å². The maximum Gasteiger partial charge on any atom is 0.253 e. The number of nitrogens with zero attached hydrogens (tertiary/aromatic N) is 5. The highest BCUT2D eigenvalue weighted by atomic mass is 19.1. The molecule has 0 aliphatic rings. The molecule has 1 heterocycles. The minimum absolute atomic E-state index is 0.196. The van der Waals surface area contributed by atoms with Crippen LogP contribution >= 0.6 is 0 Å². The lowest BCUT2D eigenvalue weighted by Crippen LogP contribution is -2.26. The van der Waals surface area contributed by atoms with Gasteiger partial charge in [0, 0.05) is 37.3 Å². The highest BCUT2D eigenvalue weighted by Gasteiger charge is 2.15. The first-order valence-electron chi connectivity index (χ1n) is 7.38. The zero-order valence-corrected chi connectivity index (χ0v) is 13.3. The molecule has 0 saturated heterocycles. The Kier molecular flexibility index (Phi) is 4.33. The van der Waals surface area contributed by atoms with Gasteiger partial charge in [0.05, 0.1) is 0 Å². The van der Waals surface area contributed by atoms with Gasteiger partial charge in [-0.1, -0.05) is 30.3 Å². The van der Waals surface area contributed by atoms with Crippen LogP contribution in [0.25, 0.3) is 11.4 Å². The summed E-state index contributed by atoms with van der Waals surface area (Å²) >= 11 is 0. The fraction of sp³-hybridized carbons (Fsp3) is 0.176. The van der Waals surface area contributed by atoms with Gasteiger partial charge in [-0.2, -0.15) is 0 Å². The molecule has 0 spiro atoms. The second-order valence-electron chi connectivity index (χ2n) is 5.46. The first-order chi connectivity index (χ1) is 11.6. The van der Waals surface area contributed by atoms with E-state index in [2.05, 4.69) is 15.5 Å². The molecule has 0 aliphatic heterocycles. The Morgan fingerprint density at radius 2 is 2.00 bits per heavy atom. The van der Waals surface area contributed by atoms with Crippen molar-refractivity contribution in [2.45, 2.75) is 6.54 Å². The van der Waals surface area contributed by atoms with Crippen LogP contribution in [0.3, 0.4) is 0 Å². The fourth-order valence-electron chi connectivity index (χ4n) is 2.44. The minimum Gasteiger partial charge on any atom is -0.337 e. The van der Waals surface area contributed by atoms with Gasteiger partial charge in [-0.05, 0) is 28.6 Å². The van der Waals surface area contributed by atoms with Gasteiger partial charge in [-0.3, -0.25) is 4.79 Å². The predicted octanol–water partition coefficient (Wildman–Crippen LogP) is 2.29. The molecule has 0 saturated carbocycles. The van der Waals surface area contributed by atoms with E-state index in [1.807, 2.05) is 6.07 Å². The van der Waals surface area contributed by atoms with Gasteiger partial charge in [-0.15, -0.1) is 5.10 Å². The zero-order chi connectivity index (χ0) is 17.1. The van der Waals surface area contributed by atoms with Crippen LogP contribution < -0.4 is 0 Å². The molecule has 3 aromatic rings. The quantitative estimate of drug-likeness (QED) is 0.738. The van der Waals surface area contributed by atoms with E-state index in [9.17, 15) is 9.18 Å². The number of benzene rings is 2. The Morgan fingerprint density at radius 3 is 2.71 bits per heavy atom. The number of rotatable bonds is 4. The molecule has 0 N–H and O–H groups in total. The van der Waals surface area contributed by atoms with Crippen molar-refractivity contribution in [3.05, 3.63) is 65.5 Å². The third-order valence-corrected chi connectivity index (χ3v) is 3.70. The molecular formula is C17H16FN5O. The highest BCUT2D eigenvalue weighted by Crippen LogP contribution is 2.18. The van der Waals surface area contributed by atoms with Crippen molar-refractivity contribution in [3.8, 4) is 11.4 Å². The molecule has 24 heavy (non-hydrogen) atoms. The summed E-state index contributed by atoms with van der Waals surface area (Å²) in [5.41, 5.74) is 1.71. The molecule has 0 atom stereocenters. The first-order valence-corrected chi connectivity index (χ1v) is 7.38. The molecule has 2 aromatic carbocycles. The standard InChI is InChI=1S/C17H16FN5O/c1-22(11-14-6-3-4-9-15(14)18)17(24)13-8-5-7-12(10-13)16-19-20-21-23(16)2/h3-10H,11H2,1-2H3. The Morgan fingerprint density at radius 1 is 1.21 bits per heavy atom. The van der Waals surface area contributed by atoms with E-state index >= 15 is 0 Å². The summed E-state index contributed by atoms with van der Waals surface area (Å²) in [5, 5.41) is 11.3. The number of carbonyl (C=O) groups excluding carboxylic acids is 1. The van der Waals surface area contributed by atoms with Crippen molar-refractivity contribution >= 4 is 5.91 Å². The third kappa shape index (κ3) is 3.15. The van der Waals surface area contributed by atoms with E-state index < -0.39 is 0 Å². The summed E-state index contributed by atoms with van der Waals surface area (Å²) < 4.78 is 15.3. The van der Waals surface area contributed by atoms with Crippen molar-refractivity contribution < 1.29 is 9.18 Å². The van der Waals surface area contributed by atoms with Gasteiger partial charge in [0.1, 0.15) is 5.82 Å². The monoisotopic (exact) mass is 325 g/mol. The van der Waals surface area contributed by atoms with Crippen molar-refractivity contribution in [3.63, 3.8) is 0 Å². The van der Waals surface area contributed by atoms with E-state index in [0.717, 1.165) is 5.56 Å². The summed E-state index contributed by atoms with van der Waals surface area (Å²) in [6.45, 7) is 0.196. The van der Waals surface area contributed by atoms with Crippen molar-refractivity contribution in [2.75, 3.05) is 7.05 Å². The van der Waals surface area contributed by atoms with Crippen molar-refractivity contribution in [1.29, 1.82) is 0 Å². The number of tetrazole rings is 1. The molecule has 0 unspecified atom stereocenters. The lowest BCUT2D eigenvalue weighted by molar-refractivity contribution is 0.0784. The van der Waals surface area contributed by atoms with Crippen LogP contribution in [0.2, 0.25) is 0 Å². The van der Waals surface area contributed by atoms with E-state index in [1.165, 1.54) is 15.6 Å². The smallest absolute Gasteiger partial charge is 0.253 e. The maximum atomic E-state index is 13.7. The van der Waals surface area contributed by atoms with Gasteiger partial charge in [0.2, 0.25) is 0 Å². The number of carbonyl (C=O) groups is 1. The molecular weight excluding hydrogens is 309 g/mol. The minimum atomic E-state index is -0.323. The average molecular weight is 325 g/mol. The topological polar surface area (TPSA) is 63.9 Å². The van der Waals surface area contributed by atoms with Crippen LogP contribution in [0.5, 0.6) is 0 Å². The highest BCUT2D eigenvalue weighted by molar-refractivity contribution is 5.95. The van der Waals surface area contributed by atoms with Crippen LogP contribution in [0.4, 0.5) is 4.39 Å². The molecule has 6 nitrogen and oxygen atoms in total. The fourth-order valence-corrected chi connectivity index (χ4v) is 2.44. The second-order valence-corrected chi connectivity index (χ2v) is 5.46. The van der Waals surface area contributed by atoms with E-state index in [4.69, 9.17) is 0 Å². The molecule has 0 bridgehead atoms. The number of aryl methyl sites for hydroxylation is 1. The Bertz CT molecular complexity index is 877. The Balaban J connectivity index is 1.82. The number of hydrogen-bond acceptors (Lipinski definition) is 4. The first kappa shape index (κ1) is 15.8. The predicted molar refractivity (Wildman–Crippen MR) is 86.4 cm³/mol. The lowest BCUT2D eigenvalue weighted by Gasteiger charge is -2.18. The summed E-state index contributed by atoms with van der Waals surface area (Å²) in [6, 6.07) is 13.5. The second kappa shape index (κ2) is 6.57. The third-order valence-electron chi connectivity index (χ3n) is 3.70. The van der Waals surface area contributed by atoms with Crippen LogP contribution in [0, 0.1) is 5.82 Å². The molecule has 7 heteroatoms. The van der Waals surface area contributed by atoms with Crippen LogP contribution in [-0.4, -0.2) is 38.1 Å². The van der Waals surface area contributed by atoms with Gasteiger partial charge in [-0.25, -0.2) is 9.07 Å². The number of halogens is 1. The van der Waals surface area contributed by atoms with Crippen LogP contribution in [0.1, 0.15) is 15.9 Å². The summed E-state index contributed by atoms with van der Waals surface area (Å²) in [6.07, 6.45) is 0. The average Bonchev–Trinajstić information content (AvgIpc) is 3.02. The molecule has 1 amide bonds. The number of hydrogen-bond donors (Lipinski definition) is 0. The van der Waals surface area contributed by atoms with Gasteiger partial charge >= 0.3 is 0 Å². The summed E-state index contributed by atoms with van der Waals surface area (Å²) in [4.78, 5) is 14.1. The zero-order valence-electron chi connectivity index (χ0n) is 13.3. The largest absolute Gasteiger partial charge is 0.337 e. The summed E-state index contributed by atoms with van der Waals surface area (Å²) in [7, 11) is 3.37. The van der Waals surface area contributed by atoms with Gasteiger partial charge in [0.25, 0.3) is 5.91 Å². The van der Waals surface area contributed by atoms with Crippen LogP contribution in [0.15, 0.2) is 48.5 Å². The lowest BCUT2D eigenvalue weighted by atomic mass is 10.1. The molecule has 0 radical (unpaired) electrons.